The fourth-order valence-corrected chi connectivity index (χ4v) is 8.20. The van der Waals surface area contributed by atoms with Crippen molar-refractivity contribution in [3.8, 4) is 0 Å². The number of thioether (sulfide) groups is 2. The van der Waals surface area contributed by atoms with E-state index in [1.165, 1.54) is 39.8 Å². The molecule has 2 fully saturated rings. The van der Waals surface area contributed by atoms with E-state index >= 15 is 0 Å². The van der Waals surface area contributed by atoms with Crippen LogP contribution in [0.25, 0.3) is 6.08 Å². The Morgan fingerprint density at radius 1 is 1.08 bits per heavy atom. The largest absolute Gasteiger partial charge is 0.448 e. The molecule has 1 aliphatic carbocycles. The van der Waals surface area contributed by atoms with Crippen LogP contribution >= 0.6 is 34.9 Å². The number of benzene rings is 2. The van der Waals surface area contributed by atoms with Crippen LogP contribution in [0.5, 0.6) is 0 Å². The molecule has 11 nitrogen and oxygen atoms in total. The summed E-state index contributed by atoms with van der Waals surface area (Å²) in [5.41, 5.74) is 9.54. The maximum absolute atomic E-state index is 14.3. The van der Waals surface area contributed by atoms with Crippen molar-refractivity contribution >= 4 is 69.6 Å². The molecule has 2 aliphatic heterocycles. The number of aromatic nitrogens is 2. The average molecular weight is 725 g/mol. The number of thiazole rings is 1. The van der Waals surface area contributed by atoms with Crippen molar-refractivity contribution in [2.75, 3.05) is 17.2 Å². The minimum absolute atomic E-state index is 0.0479. The van der Waals surface area contributed by atoms with E-state index in [9.17, 15) is 14.4 Å². The first kappa shape index (κ1) is 33.6. The lowest BCUT2D eigenvalue weighted by Gasteiger charge is -2.49. The van der Waals surface area contributed by atoms with Gasteiger partial charge in [-0.05, 0) is 52.7 Å². The van der Waals surface area contributed by atoms with E-state index in [0.717, 1.165) is 35.1 Å². The molecule has 0 bridgehead atoms. The predicted octanol–water partition coefficient (Wildman–Crippen LogP) is 5.39. The highest BCUT2D eigenvalue weighted by Gasteiger charge is 2.55. The molecule has 2 atom stereocenters. The minimum Gasteiger partial charge on any atom is -0.448 e. The molecule has 14 heteroatoms. The molecular weight excluding hydrogens is 693 g/mol. The molecule has 2 amide bonds. The molecule has 4 heterocycles. The third-order valence-corrected chi connectivity index (χ3v) is 10.9. The number of amides is 2. The summed E-state index contributed by atoms with van der Waals surface area (Å²) in [6.07, 6.45) is 6.38. The van der Waals surface area contributed by atoms with Gasteiger partial charge in [0.2, 0.25) is 0 Å². The topological polar surface area (TPSA) is 149 Å². The van der Waals surface area contributed by atoms with E-state index in [2.05, 4.69) is 20.4 Å². The number of nitrogens with zero attached hydrogens (tertiary/aromatic N) is 4. The lowest BCUT2D eigenvalue weighted by Crippen LogP contribution is -2.71. The Morgan fingerprint density at radius 2 is 1.82 bits per heavy atom. The Balaban J connectivity index is 1.14. The number of fused-ring (bicyclic) bond motifs is 1. The highest BCUT2D eigenvalue weighted by Crippen LogP contribution is 2.42. The van der Waals surface area contributed by atoms with Crippen molar-refractivity contribution in [3.05, 3.63) is 130 Å². The molecule has 0 radical (unpaired) electrons. The summed E-state index contributed by atoms with van der Waals surface area (Å²) >= 11 is 4.15. The van der Waals surface area contributed by atoms with Gasteiger partial charge in [0.1, 0.15) is 28.9 Å². The summed E-state index contributed by atoms with van der Waals surface area (Å²) < 4.78 is 6.27. The monoisotopic (exact) mass is 724 g/mol. The summed E-state index contributed by atoms with van der Waals surface area (Å²) in [5, 5.41) is 10.2. The van der Waals surface area contributed by atoms with Gasteiger partial charge in [-0.25, -0.2) is 9.78 Å². The van der Waals surface area contributed by atoms with Gasteiger partial charge in [-0.3, -0.25) is 19.5 Å². The van der Waals surface area contributed by atoms with Crippen molar-refractivity contribution < 1.29 is 24.0 Å². The van der Waals surface area contributed by atoms with Gasteiger partial charge in [0.05, 0.1) is 0 Å². The molecule has 7 rings (SSSR count). The van der Waals surface area contributed by atoms with E-state index in [1.54, 1.807) is 17.8 Å². The molecule has 0 spiro atoms. The Morgan fingerprint density at radius 3 is 2.46 bits per heavy atom. The van der Waals surface area contributed by atoms with Gasteiger partial charge >= 0.3 is 5.97 Å². The number of nitrogens with one attached hydrogen (secondary N) is 1. The molecule has 0 unspecified atom stereocenters. The van der Waals surface area contributed by atoms with Crippen molar-refractivity contribution in [1.29, 1.82) is 0 Å². The maximum atomic E-state index is 14.3. The summed E-state index contributed by atoms with van der Waals surface area (Å²) in [6, 6.07) is 21.9. The van der Waals surface area contributed by atoms with Gasteiger partial charge in [0.25, 0.3) is 11.8 Å². The van der Waals surface area contributed by atoms with E-state index in [4.69, 9.17) is 15.3 Å². The average Bonchev–Trinajstić information content (AvgIpc) is 3.89. The van der Waals surface area contributed by atoms with E-state index in [-0.39, 0.29) is 28.3 Å². The van der Waals surface area contributed by atoms with Gasteiger partial charge in [0.15, 0.2) is 16.9 Å². The number of hydrogen-bond donors (Lipinski definition) is 2. The molecular formula is C36H32N6O5S3. The SMILES string of the molecule is Nc1nc(C(=NOC2CC2)C(=O)N[C@@H]2C(=O)N3C(C(=O)OC(c4ccccc4)c4ccccc4)=C(CS/C=C\c4cccnc4)CS[C@@H]23)cs1. The number of nitrogen functional groups attached to an aromatic ring is 1. The number of pyridine rings is 1. The predicted molar refractivity (Wildman–Crippen MR) is 196 cm³/mol. The lowest BCUT2D eigenvalue weighted by atomic mass is 10.0. The normalized spacial score (nSPS) is 18.9. The smallest absolute Gasteiger partial charge is 0.356 e. The van der Waals surface area contributed by atoms with Crippen LogP contribution in [0.15, 0.2) is 112 Å². The molecule has 1 saturated heterocycles. The highest BCUT2D eigenvalue weighted by molar-refractivity contribution is 8.02. The third-order valence-electron chi connectivity index (χ3n) is 8.05. The second kappa shape index (κ2) is 15.3. The summed E-state index contributed by atoms with van der Waals surface area (Å²) in [7, 11) is 0. The number of oxime groups is 1. The van der Waals surface area contributed by atoms with Crippen LogP contribution < -0.4 is 11.1 Å². The molecule has 254 valence electrons. The summed E-state index contributed by atoms with van der Waals surface area (Å²) in [4.78, 5) is 57.0. The zero-order valence-electron chi connectivity index (χ0n) is 26.6. The molecule has 1 saturated carbocycles. The Bertz CT molecular complexity index is 1910. The fraction of sp³-hybridized carbons (Fsp3) is 0.222. The molecule has 2 aromatic carbocycles. The van der Waals surface area contributed by atoms with Gasteiger partial charge < -0.3 is 20.6 Å². The number of nitrogens with two attached hydrogens (primary N) is 1. The molecule has 3 N–H and O–H groups in total. The number of anilines is 1. The fourth-order valence-electron chi connectivity index (χ4n) is 5.39. The van der Waals surface area contributed by atoms with Gasteiger partial charge in [-0.15, -0.1) is 34.9 Å². The van der Waals surface area contributed by atoms with E-state index in [1.807, 2.05) is 84.3 Å². The number of esters is 1. The molecule has 4 aromatic rings. The van der Waals surface area contributed by atoms with Gasteiger partial charge in [0, 0.05) is 29.3 Å². The van der Waals surface area contributed by atoms with Crippen LogP contribution in [0.1, 0.15) is 41.3 Å². The summed E-state index contributed by atoms with van der Waals surface area (Å²) in [5.74, 6) is -0.751. The Hall–Kier alpha value is -4.92. The maximum Gasteiger partial charge on any atom is 0.356 e. The second-order valence-electron chi connectivity index (χ2n) is 11.6. The van der Waals surface area contributed by atoms with Crippen LogP contribution in [-0.4, -0.2) is 67.4 Å². The quantitative estimate of drug-likeness (QED) is 0.0796. The Labute approximate surface area is 301 Å². The minimum atomic E-state index is -0.906. The van der Waals surface area contributed by atoms with Crippen molar-refractivity contribution in [1.82, 2.24) is 20.2 Å². The van der Waals surface area contributed by atoms with Crippen LogP contribution in [0.2, 0.25) is 0 Å². The van der Waals surface area contributed by atoms with Crippen molar-refractivity contribution in [2.45, 2.75) is 36.5 Å². The van der Waals surface area contributed by atoms with Crippen LogP contribution in [0, 0.1) is 0 Å². The zero-order chi connectivity index (χ0) is 34.5. The van der Waals surface area contributed by atoms with Crippen LogP contribution in [-0.2, 0) is 24.0 Å². The first-order chi connectivity index (χ1) is 24.5. The first-order valence-corrected chi connectivity index (χ1v) is 18.9. The second-order valence-corrected chi connectivity index (χ2v) is 14.5. The zero-order valence-corrected chi connectivity index (χ0v) is 29.0. The molecule has 2 aromatic heterocycles. The van der Waals surface area contributed by atoms with E-state index < -0.39 is 35.3 Å². The number of β-lactam (4-membered cyclic amide) rings is 1. The summed E-state index contributed by atoms with van der Waals surface area (Å²) in [6.45, 7) is 0. The van der Waals surface area contributed by atoms with Crippen LogP contribution in [0.4, 0.5) is 5.13 Å². The van der Waals surface area contributed by atoms with E-state index in [0.29, 0.717) is 11.5 Å². The number of rotatable bonds is 13. The number of carbonyl (C=O) groups excluding carboxylic acids is 3. The third kappa shape index (κ3) is 7.62. The van der Waals surface area contributed by atoms with Crippen molar-refractivity contribution in [3.63, 3.8) is 0 Å². The molecule has 3 aliphatic rings. The highest BCUT2D eigenvalue weighted by atomic mass is 32.2. The number of ether oxygens (including phenoxy) is 1. The van der Waals surface area contributed by atoms with Crippen molar-refractivity contribution in [2.24, 2.45) is 5.16 Å². The first-order valence-electron chi connectivity index (χ1n) is 15.9. The lowest BCUT2D eigenvalue weighted by molar-refractivity contribution is -0.154. The van der Waals surface area contributed by atoms with Gasteiger partial charge in [-0.2, -0.15) is 0 Å². The number of hydrogen-bond acceptors (Lipinski definition) is 12. The Kier molecular flexibility index (Phi) is 10.3. The number of carbonyl (C=O) groups is 3. The standard InChI is InChI=1S/C36H32N6O5S3/c37-36-39-27(21-50-36)28(41-47-26-13-14-26)32(43)40-29-33(44)42-30(25(20-49-34(29)42)19-48-17-15-22-8-7-16-38-18-22)35(45)46-31(23-9-3-1-4-10-23)24-11-5-2-6-12-24/h1-12,15-18,21,26,29,31,34H,13-14,19-20H2,(H2,37,39)(H,40,43)/b17-15-,41-28?/t29-,34+/m1/s1. The van der Waals surface area contributed by atoms with Gasteiger partial charge in [-0.1, -0.05) is 71.9 Å². The van der Waals surface area contributed by atoms with Crippen LogP contribution in [0.3, 0.4) is 0 Å². The molecule has 50 heavy (non-hydrogen) atoms.